The van der Waals surface area contributed by atoms with Crippen molar-refractivity contribution in [3.8, 4) is 17.0 Å². The molecular formula is C39H43Cl2N7O6. The third-order valence-electron chi connectivity index (χ3n) is 11.3. The molecule has 0 saturated carbocycles. The second-order valence-corrected chi connectivity index (χ2v) is 15.1. The largest absolute Gasteiger partial charge is 0.496 e. The van der Waals surface area contributed by atoms with Crippen molar-refractivity contribution < 1.29 is 29.0 Å². The van der Waals surface area contributed by atoms with Crippen molar-refractivity contribution in [2.75, 3.05) is 59.6 Å². The molecule has 3 N–H and O–H groups in total. The Kier molecular flexibility index (Phi) is 11.1. The van der Waals surface area contributed by atoms with Gasteiger partial charge in [-0.2, -0.15) is 15.4 Å². The number of aliphatic carboxylic acids is 1. The number of methoxy groups -OCH3 is 1. The summed E-state index contributed by atoms with van der Waals surface area (Å²) in [5, 5.41) is 24.7. The summed E-state index contributed by atoms with van der Waals surface area (Å²) < 4.78 is 11.0. The number of piperidine rings is 1. The first kappa shape index (κ1) is 37.6. The van der Waals surface area contributed by atoms with Gasteiger partial charge in [-0.3, -0.25) is 4.79 Å². The summed E-state index contributed by atoms with van der Waals surface area (Å²) in [7, 11) is 1.55. The Balaban J connectivity index is 1.09. The molecule has 54 heavy (non-hydrogen) atoms. The predicted molar refractivity (Wildman–Crippen MR) is 203 cm³/mol. The molecule has 13 nitrogen and oxygen atoms in total. The molecular weight excluding hydrogens is 733 g/mol. The quantitative estimate of drug-likeness (QED) is 0.191. The SMILES string of the molecule is COc1ccc(-c2cn[nH]n2)cc1C(=O)N1CCC(CCN2CCC(NC(=O)N3CCOCC3C(=O)O)(c3ccccc3)CC2)(c2ccc(Cl)c(Cl)c2)C1. The number of rotatable bonds is 10. The van der Waals surface area contributed by atoms with E-state index in [1.807, 2.05) is 59.5 Å². The zero-order valence-electron chi connectivity index (χ0n) is 30.0. The van der Waals surface area contributed by atoms with Gasteiger partial charge in [0.15, 0.2) is 6.04 Å². The van der Waals surface area contributed by atoms with Gasteiger partial charge >= 0.3 is 12.0 Å². The highest BCUT2D eigenvalue weighted by Crippen LogP contribution is 2.42. The van der Waals surface area contributed by atoms with E-state index in [2.05, 4.69) is 25.6 Å². The number of amides is 3. The number of ether oxygens (including phenoxy) is 2. The van der Waals surface area contributed by atoms with E-state index in [9.17, 15) is 19.5 Å². The number of morpholine rings is 1. The van der Waals surface area contributed by atoms with E-state index >= 15 is 0 Å². The van der Waals surface area contributed by atoms with Crippen molar-refractivity contribution >= 4 is 41.1 Å². The number of halogens is 2. The molecule has 0 bridgehead atoms. The molecule has 0 radical (unpaired) electrons. The Morgan fingerprint density at radius 1 is 0.981 bits per heavy atom. The number of H-pyrrole nitrogens is 1. The van der Waals surface area contributed by atoms with Crippen molar-refractivity contribution in [3.05, 3.63) is 99.7 Å². The highest BCUT2D eigenvalue weighted by molar-refractivity contribution is 6.42. The molecule has 7 rings (SSSR count). The van der Waals surface area contributed by atoms with Crippen molar-refractivity contribution in [1.29, 1.82) is 0 Å². The highest BCUT2D eigenvalue weighted by Gasteiger charge is 2.44. The summed E-state index contributed by atoms with van der Waals surface area (Å²) >= 11 is 13.0. The van der Waals surface area contributed by atoms with Crippen molar-refractivity contribution in [2.24, 2.45) is 0 Å². The first-order valence-electron chi connectivity index (χ1n) is 18.1. The van der Waals surface area contributed by atoms with Crippen LogP contribution < -0.4 is 10.1 Å². The third-order valence-corrected chi connectivity index (χ3v) is 12.0. The molecule has 15 heteroatoms. The number of nitrogens with zero attached hydrogens (tertiary/aromatic N) is 5. The van der Waals surface area contributed by atoms with Crippen LogP contribution in [0.15, 0.2) is 72.9 Å². The predicted octanol–water partition coefficient (Wildman–Crippen LogP) is 5.45. The normalized spacial score (nSPS) is 21.5. The standard InChI is InChI=1S/C39H43Cl2N7O6/c1-53-34-10-7-26(32-23-42-45-44-32)21-29(34)35(49)47-18-12-38(25-47,28-8-9-30(40)31(41)22-28)11-15-46-16-13-39(14-17-46,27-5-3-2-4-6-27)43-37(52)48-19-20-54-24-33(48)36(50)51/h2-10,21-23,33H,11-20,24-25H2,1H3,(H,43,52)(H,50,51)(H,42,44,45). The zero-order chi connectivity index (χ0) is 37.9. The molecule has 3 fully saturated rings. The molecule has 1 aromatic heterocycles. The first-order valence-corrected chi connectivity index (χ1v) is 18.8. The van der Waals surface area contributed by atoms with Crippen LogP contribution >= 0.6 is 23.2 Å². The summed E-state index contributed by atoms with van der Waals surface area (Å²) in [5.74, 6) is -0.740. The Hall–Kier alpha value is -4.69. The van der Waals surface area contributed by atoms with Gasteiger partial charge in [-0.25, -0.2) is 9.59 Å². The maximum Gasteiger partial charge on any atom is 0.328 e. The molecule has 284 valence electrons. The fraction of sp³-hybridized carbons (Fsp3) is 0.410. The fourth-order valence-electron chi connectivity index (χ4n) is 8.10. The first-order chi connectivity index (χ1) is 26.1. The Morgan fingerprint density at radius 3 is 2.48 bits per heavy atom. The number of likely N-dealkylation sites (tertiary alicyclic amines) is 2. The van der Waals surface area contributed by atoms with Gasteiger partial charge in [0.2, 0.25) is 0 Å². The van der Waals surface area contributed by atoms with Crippen LogP contribution in [0.1, 0.15) is 47.2 Å². The minimum absolute atomic E-state index is 0.0405. The summed E-state index contributed by atoms with van der Waals surface area (Å²) in [6.45, 7) is 3.62. The smallest absolute Gasteiger partial charge is 0.328 e. The maximum atomic E-state index is 14.2. The number of hydrogen-bond donors (Lipinski definition) is 3. The van der Waals surface area contributed by atoms with Gasteiger partial charge in [-0.1, -0.05) is 59.6 Å². The molecule has 2 atom stereocenters. The number of aromatic amines is 1. The number of urea groups is 1. The fourth-order valence-corrected chi connectivity index (χ4v) is 8.40. The third kappa shape index (κ3) is 7.63. The summed E-state index contributed by atoms with van der Waals surface area (Å²) in [5.41, 5.74) is 2.77. The Labute approximate surface area is 323 Å². The van der Waals surface area contributed by atoms with Crippen LogP contribution in [0.4, 0.5) is 4.79 Å². The average Bonchev–Trinajstić information content (AvgIpc) is 3.91. The van der Waals surface area contributed by atoms with E-state index in [4.69, 9.17) is 32.7 Å². The van der Waals surface area contributed by atoms with Gasteiger partial charge in [0, 0.05) is 43.7 Å². The summed E-state index contributed by atoms with van der Waals surface area (Å²) in [6, 6.07) is 19.6. The van der Waals surface area contributed by atoms with Crippen LogP contribution in [0.2, 0.25) is 10.0 Å². The Bertz CT molecular complexity index is 1980. The van der Waals surface area contributed by atoms with Crippen LogP contribution in [0.25, 0.3) is 11.3 Å². The van der Waals surface area contributed by atoms with Crippen LogP contribution in [0.5, 0.6) is 5.75 Å². The van der Waals surface area contributed by atoms with Crippen molar-refractivity contribution in [3.63, 3.8) is 0 Å². The Morgan fingerprint density at radius 2 is 1.78 bits per heavy atom. The van der Waals surface area contributed by atoms with Gasteiger partial charge < -0.3 is 34.6 Å². The number of benzene rings is 3. The number of carbonyl (C=O) groups is 3. The van der Waals surface area contributed by atoms with Gasteiger partial charge in [0.25, 0.3) is 5.91 Å². The van der Waals surface area contributed by atoms with E-state index in [0.717, 1.165) is 36.1 Å². The number of aromatic nitrogens is 3. The van der Waals surface area contributed by atoms with Crippen LogP contribution in [-0.2, 0) is 20.5 Å². The van der Waals surface area contributed by atoms with Gasteiger partial charge in [0.1, 0.15) is 11.4 Å². The van der Waals surface area contributed by atoms with Crippen LogP contribution in [0, 0.1) is 0 Å². The zero-order valence-corrected chi connectivity index (χ0v) is 31.5. The maximum absolute atomic E-state index is 14.2. The molecule has 3 aromatic carbocycles. The molecule has 3 saturated heterocycles. The molecule has 3 aliphatic heterocycles. The molecule has 3 amide bonds. The number of carboxylic acids is 1. The topological polar surface area (TPSA) is 153 Å². The van der Waals surface area contributed by atoms with Crippen LogP contribution in [-0.4, -0.2) is 119 Å². The second-order valence-electron chi connectivity index (χ2n) is 14.2. The minimum Gasteiger partial charge on any atom is -0.496 e. The van der Waals surface area contributed by atoms with E-state index < -0.39 is 29.0 Å². The van der Waals surface area contributed by atoms with Crippen molar-refractivity contribution in [2.45, 2.75) is 42.7 Å². The lowest BCUT2D eigenvalue weighted by Gasteiger charge is -2.45. The molecule has 0 spiro atoms. The number of carboxylic acid groups (broad SMARTS) is 1. The van der Waals surface area contributed by atoms with E-state index in [0.29, 0.717) is 66.1 Å². The average molecular weight is 777 g/mol. The van der Waals surface area contributed by atoms with Crippen molar-refractivity contribution in [1.82, 2.24) is 35.4 Å². The molecule has 3 aliphatic rings. The lowest BCUT2D eigenvalue weighted by molar-refractivity contribution is -0.147. The highest BCUT2D eigenvalue weighted by atomic mass is 35.5. The summed E-state index contributed by atoms with van der Waals surface area (Å²) in [6.07, 6.45) is 4.36. The lowest BCUT2D eigenvalue weighted by Crippen LogP contribution is -2.61. The van der Waals surface area contributed by atoms with Gasteiger partial charge in [-0.15, -0.1) is 0 Å². The van der Waals surface area contributed by atoms with E-state index in [1.165, 1.54) is 4.90 Å². The monoisotopic (exact) mass is 775 g/mol. The second kappa shape index (κ2) is 16.0. The van der Waals surface area contributed by atoms with E-state index in [1.54, 1.807) is 25.4 Å². The van der Waals surface area contributed by atoms with Crippen LogP contribution in [0.3, 0.4) is 0 Å². The molecule has 0 aliphatic carbocycles. The molecule has 4 aromatic rings. The number of nitrogens with one attached hydrogen (secondary N) is 2. The summed E-state index contributed by atoms with van der Waals surface area (Å²) in [4.78, 5) is 45.6. The molecule has 4 heterocycles. The van der Waals surface area contributed by atoms with E-state index in [-0.39, 0.29) is 25.7 Å². The van der Waals surface area contributed by atoms with Gasteiger partial charge in [-0.05, 0) is 73.7 Å². The molecule has 2 unspecified atom stereocenters. The lowest BCUT2D eigenvalue weighted by atomic mass is 9.76. The number of carbonyl (C=O) groups excluding carboxylic acids is 2. The van der Waals surface area contributed by atoms with Gasteiger partial charge in [0.05, 0.1) is 47.7 Å². The minimum atomic E-state index is -1.09. The number of hydrogen-bond acceptors (Lipinski definition) is 8.